The average molecular weight is 353 g/mol. The van der Waals surface area contributed by atoms with Gasteiger partial charge in [0.25, 0.3) is 0 Å². The first-order valence-electron chi connectivity index (χ1n) is 9.36. The van der Waals surface area contributed by atoms with Gasteiger partial charge in [0.1, 0.15) is 6.04 Å². The molecule has 0 aromatic carbocycles. The molecule has 0 aromatic heterocycles. The van der Waals surface area contributed by atoms with E-state index in [-0.39, 0.29) is 24.2 Å². The van der Waals surface area contributed by atoms with Crippen molar-refractivity contribution < 1.29 is 19.5 Å². The number of hydrogen-bond donors (Lipinski definition) is 2. The summed E-state index contributed by atoms with van der Waals surface area (Å²) in [6, 6.07) is -0.509. The number of hydrogen-bond acceptors (Lipinski definition) is 4. The van der Waals surface area contributed by atoms with E-state index in [1.807, 2.05) is 13.8 Å². The third kappa shape index (κ3) is 5.17. The van der Waals surface area contributed by atoms with Crippen LogP contribution in [0.2, 0.25) is 0 Å². The number of carboxylic acid groups (broad SMARTS) is 1. The third-order valence-electron chi connectivity index (χ3n) is 5.24. The Labute approximate surface area is 149 Å². The molecule has 7 heteroatoms. The fourth-order valence-electron chi connectivity index (χ4n) is 3.88. The number of nitrogens with one attached hydrogen (secondary N) is 1. The van der Waals surface area contributed by atoms with E-state index >= 15 is 0 Å². The molecular weight excluding hydrogens is 322 g/mol. The molecule has 0 unspecified atom stereocenters. The van der Waals surface area contributed by atoms with Crippen molar-refractivity contribution in [3.63, 3.8) is 0 Å². The maximum atomic E-state index is 12.4. The molecule has 25 heavy (non-hydrogen) atoms. The molecule has 142 valence electrons. The van der Waals surface area contributed by atoms with Crippen molar-refractivity contribution in [1.82, 2.24) is 15.1 Å². The molecule has 2 aliphatic rings. The summed E-state index contributed by atoms with van der Waals surface area (Å²) in [5.74, 6) is -1.61. The van der Waals surface area contributed by atoms with Crippen molar-refractivity contribution in [3.05, 3.63) is 0 Å². The number of rotatable bonds is 8. The predicted octanol–water partition coefficient (Wildman–Crippen LogP) is 0.935. The van der Waals surface area contributed by atoms with Gasteiger partial charge in [-0.1, -0.05) is 20.8 Å². The van der Waals surface area contributed by atoms with Crippen molar-refractivity contribution in [2.24, 2.45) is 11.8 Å². The minimum atomic E-state index is -1.02. The second-order valence-electron chi connectivity index (χ2n) is 7.65. The molecule has 0 bridgehead atoms. The topological polar surface area (TPSA) is 89.9 Å². The summed E-state index contributed by atoms with van der Waals surface area (Å²) < 4.78 is 0. The lowest BCUT2D eigenvalue weighted by molar-refractivity contribution is -0.142. The highest BCUT2D eigenvalue weighted by Crippen LogP contribution is 2.23. The number of carbonyl (C=O) groups excluding carboxylic acids is 2. The molecule has 7 nitrogen and oxygen atoms in total. The number of aliphatic carboxylic acids is 1. The Bertz CT molecular complexity index is 509. The summed E-state index contributed by atoms with van der Waals surface area (Å²) in [5.41, 5.74) is 0. The number of amides is 2. The molecule has 2 N–H and O–H groups in total. The molecule has 2 rings (SSSR count). The Morgan fingerprint density at radius 1 is 1.36 bits per heavy atom. The van der Waals surface area contributed by atoms with Gasteiger partial charge in [0.05, 0.1) is 5.92 Å². The van der Waals surface area contributed by atoms with E-state index in [9.17, 15) is 19.5 Å². The molecule has 0 spiro atoms. The van der Waals surface area contributed by atoms with E-state index < -0.39 is 17.9 Å². The summed E-state index contributed by atoms with van der Waals surface area (Å²) in [5, 5.41) is 11.9. The molecule has 3 atom stereocenters. The highest BCUT2D eigenvalue weighted by Gasteiger charge is 2.38. The number of likely N-dealkylation sites (N-methyl/N-ethyl adjacent to an activating group) is 1. The van der Waals surface area contributed by atoms with Crippen LogP contribution in [0.3, 0.4) is 0 Å². The Hall–Kier alpha value is -1.63. The first-order chi connectivity index (χ1) is 11.8. The van der Waals surface area contributed by atoms with Gasteiger partial charge in [-0.3, -0.25) is 14.5 Å². The lowest BCUT2D eigenvalue weighted by atomic mass is 10.0. The lowest BCUT2D eigenvalue weighted by Gasteiger charge is -2.27. The number of carbonyl (C=O) groups is 3. The average Bonchev–Trinajstić information content (AvgIpc) is 3.13. The highest BCUT2D eigenvalue weighted by molar-refractivity contribution is 5.91. The normalized spacial score (nSPS) is 25.6. The van der Waals surface area contributed by atoms with Gasteiger partial charge in [0.2, 0.25) is 11.8 Å². The zero-order chi connectivity index (χ0) is 18.6. The van der Waals surface area contributed by atoms with Crippen molar-refractivity contribution in [1.29, 1.82) is 0 Å². The Morgan fingerprint density at radius 3 is 2.68 bits per heavy atom. The van der Waals surface area contributed by atoms with Crippen LogP contribution in [0.1, 0.15) is 46.5 Å². The van der Waals surface area contributed by atoms with Gasteiger partial charge in [0.15, 0.2) is 0 Å². The van der Waals surface area contributed by atoms with Crippen LogP contribution < -0.4 is 5.32 Å². The van der Waals surface area contributed by atoms with Crippen LogP contribution in [0.5, 0.6) is 0 Å². The summed E-state index contributed by atoms with van der Waals surface area (Å²) in [6.07, 6.45) is 2.81. The highest BCUT2D eigenvalue weighted by atomic mass is 16.4. The van der Waals surface area contributed by atoms with Crippen LogP contribution in [-0.4, -0.2) is 71.0 Å². The van der Waals surface area contributed by atoms with Gasteiger partial charge >= 0.3 is 5.97 Å². The van der Waals surface area contributed by atoms with Crippen LogP contribution in [0, 0.1) is 11.8 Å². The second kappa shape index (κ2) is 8.65. The van der Waals surface area contributed by atoms with Gasteiger partial charge in [0, 0.05) is 25.6 Å². The monoisotopic (exact) mass is 353 g/mol. The molecule has 0 saturated carbocycles. The molecule has 0 radical (unpaired) electrons. The number of nitrogens with zero attached hydrogens (tertiary/aromatic N) is 2. The number of likely N-dealkylation sites (tertiary alicyclic amines) is 2. The Kier molecular flexibility index (Phi) is 6.81. The maximum Gasteiger partial charge on any atom is 0.326 e. The molecule has 2 fully saturated rings. The largest absolute Gasteiger partial charge is 0.480 e. The first-order valence-corrected chi connectivity index (χ1v) is 9.36. The minimum absolute atomic E-state index is 0.00108. The minimum Gasteiger partial charge on any atom is -0.480 e. The molecule has 2 amide bonds. The molecule has 0 aliphatic carbocycles. The fraction of sp³-hybridized carbons (Fsp3) is 0.833. The summed E-state index contributed by atoms with van der Waals surface area (Å²) >= 11 is 0. The smallest absolute Gasteiger partial charge is 0.326 e. The summed E-state index contributed by atoms with van der Waals surface area (Å²) in [4.78, 5) is 40.2. The van der Waals surface area contributed by atoms with E-state index in [4.69, 9.17) is 0 Å². The quantitative estimate of drug-likeness (QED) is 0.678. The van der Waals surface area contributed by atoms with E-state index in [1.54, 1.807) is 4.90 Å². The van der Waals surface area contributed by atoms with E-state index in [1.165, 1.54) is 0 Å². The van der Waals surface area contributed by atoms with E-state index in [0.29, 0.717) is 25.6 Å². The Morgan fingerprint density at radius 2 is 2.08 bits per heavy atom. The maximum absolute atomic E-state index is 12.4. The van der Waals surface area contributed by atoms with Gasteiger partial charge in [-0.05, 0) is 38.3 Å². The lowest BCUT2D eigenvalue weighted by Crippen LogP contribution is -2.45. The van der Waals surface area contributed by atoms with Gasteiger partial charge in [-0.2, -0.15) is 0 Å². The zero-order valence-electron chi connectivity index (χ0n) is 15.5. The van der Waals surface area contributed by atoms with Crippen molar-refractivity contribution in [2.75, 3.05) is 26.2 Å². The van der Waals surface area contributed by atoms with Crippen molar-refractivity contribution in [3.8, 4) is 0 Å². The Balaban J connectivity index is 1.90. The molecule has 2 heterocycles. The fourth-order valence-corrected chi connectivity index (χ4v) is 3.88. The third-order valence-corrected chi connectivity index (χ3v) is 5.24. The van der Waals surface area contributed by atoms with E-state index in [0.717, 1.165) is 25.9 Å². The molecule has 2 aliphatic heterocycles. The van der Waals surface area contributed by atoms with Crippen LogP contribution in [0.15, 0.2) is 0 Å². The summed E-state index contributed by atoms with van der Waals surface area (Å²) in [6.45, 7) is 9.08. The second-order valence-corrected chi connectivity index (χ2v) is 7.65. The van der Waals surface area contributed by atoms with Crippen LogP contribution >= 0.6 is 0 Å². The van der Waals surface area contributed by atoms with Gasteiger partial charge in [-0.15, -0.1) is 0 Å². The van der Waals surface area contributed by atoms with E-state index in [2.05, 4.69) is 17.1 Å². The molecular formula is C18H31N3O4. The van der Waals surface area contributed by atoms with Crippen molar-refractivity contribution in [2.45, 2.75) is 58.5 Å². The van der Waals surface area contributed by atoms with Crippen molar-refractivity contribution >= 4 is 17.8 Å². The summed E-state index contributed by atoms with van der Waals surface area (Å²) in [7, 11) is 0. The van der Waals surface area contributed by atoms with Gasteiger partial charge < -0.3 is 15.3 Å². The molecule has 0 aromatic rings. The standard InChI is InChI=1S/C18H31N3O4/c1-4-20-7-5-6-14(20)11-21-10-13(9-16(21)22)17(23)19-15(18(24)25)8-12(2)3/h12-15H,4-11H2,1-3H3,(H,19,23)(H,24,25)/t13-,14+,15-/m1/s1. The van der Waals surface area contributed by atoms with Crippen LogP contribution in [0.4, 0.5) is 0 Å². The van der Waals surface area contributed by atoms with Crippen LogP contribution in [0.25, 0.3) is 0 Å². The molecule has 2 saturated heterocycles. The number of carboxylic acids is 1. The van der Waals surface area contributed by atoms with Crippen LogP contribution in [-0.2, 0) is 14.4 Å². The SMILES string of the molecule is CCN1CCC[C@H]1CN1C[C@H](C(=O)N[C@H](CC(C)C)C(=O)O)CC1=O. The van der Waals surface area contributed by atoms with Gasteiger partial charge in [-0.25, -0.2) is 4.79 Å². The zero-order valence-corrected chi connectivity index (χ0v) is 15.5. The first kappa shape index (κ1) is 19.7. The predicted molar refractivity (Wildman–Crippen MR) is 94.0 cm³/mol.